The van der Waals surface area contributed by atoms with Crippen LogP contribution in [0.5, 0.6) is 0 Å². The molecule has 1 amide bonds. The van der Waals surface area contributed by atoms with Gasteiger partial charge in [0.1, 0.15) is 17.6 Å². The molecule has 0 spiro atoms. The van der Waals surface area contributed by atoms with Crippen LogP contribution in [0.15, 0.2) is 89.5 Å². The number of thiocarbonyl (C=S) groups is 1. The highest BCUT2D eigenvalue weighted by atomic mass is 32.1. The predicted molar refractivity (Wildman–Crippen MR) is 148 cm³/mol. The van der Waals surface area contributed by atoms with Gasteiger partial charge in [-0.1, -0.05) is 36.4 Å². The van der Waals surface area contributed by atoms with Crippen molar-refractivity contribution in [2.75, 3.05) is 11.9 Å². The fourth-order valence-electron chi connectivity index (χ4n) is 4.66. The molecule has 4 aromatic rings. The molecule has 2 aromatic heterocycles. The Morgan fingerprint density at radius 3 is 2.66 bits per heavy atom. The smallest absolute Gasteiger partial charge is 0.336 e. The van der Waals surface area contributed by atoms with Gasteiger partial charge >= 0.3 is 5.97 Å². The Balaban J connectivity index is 1.43. The topological polar surface area (TPSA) is 108 Å². The van der Waals surface area contributed by atoms with Crippen molar-refractivity contribution < 1.29 is 19.1 Å². The normalized spacial score (nSPS) is 16.8. The first-order valence-electron chi connectivity index (χ1n) is 12.2. The lowest BCUT2D eigenvalue weighted by molar-refractivity contribution is -0.116. The maximum absolute atomic E-state index is 12.8. The van der Waals surface area contributed by atoms with Crippen LogP contribution in [0, 0.1) is 6.92 Å². The molecule has 3 heterocycles. The van der Waals surface area contributed by atoms with Crippen molar-refractivity contribution in [3.05, 3.63) is 108 Å². The van der Waals surface area contributed by atoms with Gasteiger partial charge in [0.2, 0.25) is 5.91 Å². The van der Waals surface area contributed by atoms with Crippen molar-refractivity contribution >= 4 is 34.9 Å². The van der Waals surface area contributed by atoms with E-state index in [9.17, 15) is 14.7 Å². The van der Waals surface area contributed by atoms with E-state index in [4.69, 9.17) is 16.6 Å². The highest BCUT2D eigenvalue weighted by molar-refractivity contribution is 7.80. The fraction of sp³-hybridized carbons (Fsp3) is 0.172. The number of furan rings is 1. The first-order valence-corrected chi connectivity index (χ1v) is 12.6. The Hall–Kier alpha value is -4.50. The third kappa shape index (κ3) is 5.28. The molecule has 5 rings (SSSR count). The summed E-state index contributed by atoms with van der Waals surface area (Å²) in [5, 5.41) is 16.4. The molecule has 0 saturated carbocycles. The second-order valence-electron chi connectivity index (χ2n) is 9.04. The van der Waals surface area contributed by atoms with E-state index in [1.807, 2.05) is 60.4 Å². The van der Waals surface area contributed by atoms with Gasteiger partial charge in [-0.25, -0.2) is 4.79 Å². The standard InChI is InChI=1S/C29H26N4O4S/c1-18-7-6-8-19(17-18)31-25(34)14-16-33-27(26(32-29(33)38)22-11-4-5-15-30-22)24-13-12-23(37-24)20-9-2-3-10-21(20)28(35)36/h2-13,15,17,26-27H,14,16H2,1H3,(H,31,34)(H,32,38)(H,35,36)/t26-,27+/m0/s1. The van der Waals surface area contributed by atoms with Gasteiger partial charge in [0, 0.05) is 30.4 Å². The number of aromatic nitrogens is 1. The highest BCUT2D eigenvalue weighted by Gasteiger charge is 2.41. The van der Waals surface area contributed by atoms with E-state index >= 15 is 0 Å². The predicted octanol–water partition coefficient (Wildman–Crippen LogP) is 5.35. The molecule has 0 aliphatic carbocycles. The molecule has 0 unspecified atom stereocenters. The van der Waals surface area contributed by atoms with E-state index in [2.05, 4.69) is 15.6 Å². The molecule has 0 radical (unpaired) electrons. The molecule has 1 aliphatic heterocycles. The molecule has 8 nitrogen and oxygen atoms in total. The number of aryl methyl sites for hydroxylation is 1. The summed E-state index contributed by atoms with van der Waals surface area (Å²) in [4.78, 5) is 31.0. The zero-order valence-corrected chi connectivity index (χ0v) is 21.4. The van der Waals surface area contributed by atoms with Gasteiger partial charge in [-0.15, -0.1) is 0 Å². The van der Waals surface area contributed by atoms with Crippen LogP contribution in [0.1, 0.15) is 45.9 Å². The minimum atomic E-state index is -1.03. The average molecular weight is 527 g/mol. The Kier molecular flexibility index (Phi) is 7.19. The van der Waals surface area contributed by atoms with Crippen LogP contribution < -0.4 is 10.6 Å². The van der Waals surface area contributed by atoms with Crippen molar-refractivity contribution in [2.45, 2.75) is 25.4 Å². The number of carboxylic acid groups (broad SMARTS) is 1. The zero-order chi connectivity index (χ0) is 26.6. The van der Waals surface area contributed by atoms with Crippen molar-refractivity contribution in [3.8, 4) is 11.3 Å². The summed E-state index contributed by atoms with van der Waals surface area (Å²) in [6, 6.07) is 22.9. The molecule has 1 aliphatic rings. The number of nitrogens with zero attached hydrogens (tertiary/aromatic N) is 2. The Morgan fingerprint density at radius 2 is 1.89 bits per heavy atom. The number of rotatable bonds is 8. The van der Waals surface area contributed by atoms with E-state index < -0.39 is 12.0 Å². The molecular weight excluding hydrogens is 500 g/mol. The maximum Gasteiger partial charge on any atom is 0.336 e. The third-order valence-electron chi connectivity index (χ3n) is 6.42. The highest BCUT2D eigenvalue weighted by Crippen LogP contribution is 2.40. The molecule has 2 aromatic carbocycles. The molecular formula is C29H26N4O4S. The Morgan fingerprint density at radius 1 is 1.08 bits per heavy atom. The Bertz CT molecular complexity index is 1490. The van der Waals surface area contributed by atoms with Crippen LogP contribution in [-0.2, 0) is 4.79 Å². The van der Waals surface area contributed by atoms with E-state index in [0.29, 0.717) is 28.7 Å². The molecule has 1 fully saturated rings. The summed E-state index contributed by atoms with van der Waals surface area (Å²) in [5.74, 6) is -0.140. The quantitative estimate of drug-likeness (QED) is 0.264. The number of hydrogen-bond donors (Lipinski definition) is 3. The van der Waals surface area contributed by atoms with E-state index in [1.54, 1.807) is 36.5 Å². The van der Waals surface area contributed by atoms with Crippen LogP contribution in [-0.4, -0.2) is 38.5 Å². The number of benzene rings is 2. The van der Waals surface area contributed by atoms with Crippen molar-refractivity contribution in [1.29, 1.82) is 0 Å². The van der Waals surface area contributed by atoms with Crippen molar-refractivity contribution in [1.82, 2.24) is 15.2 Å². The molecule has 9 heteroatoms. The number of amides is 1. The minimum absolute atomic E-state index is 0.131. The number of nitrogens with one attached hydrogen (secondary N) is 2. The molecule has 192 valence electrons. The van der Waals surface area contributed by atoms with Gasteiger partial charge in [0.15, 0.2) is 5.11 Å². The number of aromatic carboxylic acids is 1. The zero-order valence-electron chi connectivity index (χ0n) is 20.6. The number of carbonyl (C=O) groups is 2. The summed E-state index contributed by atoms with van der Waals surface area (Å²) >= 11 is 5.68. The lowest BCUT2D eigenvalue weighted by atomic mass is 10.0. The number of carboxylic acids is 1. The second-order valence-corrected chi connectivity index (χ2v) is 9.43. The number of pyridine rings is 1. The summed E-state index contributed by atoms with van der Waals surface area (Å²) < 4.78 is 6.26. The number of anilines is 1. The molecule has 2 atom stereocenters. The summed E-state index contributed by atoms with van der Waals surface area (Å²) in [6.07, 6.45) is 1.92. The average Bonchev–Trinajstić information content (AvgIpc) is 3.52. The first kappa shape index (κ1) is 25.2. The number of hydrogen-bond acceptors (Lipinski definition) is 5. The third-order valence-corrected chi connectivity index (χ3v) is 6.77. The second kappa shape index (κ2) is 10.9. The lowest BCUT2D eigenvalue weighted by Gasteiger charge is -2.25. The van der Waals surface area contributed by atoms with E-state index in [1.165, 1.54) is 0 Å². The van der Waals surface area contributed by atoms with Crippen LogP contribution in [0.25, 0.3) is 11.3 Å². The molecule has 38 heavy (non-hydrogen) atoms. The fourth-order valence-corrected chi connectivity index (χ4v) is 5.00. The van der Waals surface area contributed by atoms with Gasteiger partial charge in [0.25, 0.3) is 0 Å². The van der Waals surface area contributed by atoms with Gasteiger partial charge in [-0.2, -0.15) is 0 Å². The largest absolute Gasteiger partial charge is 0.478 e. The van der Waals surface area contributed by atoms with Gasteiger partial charge in [-0.05, 0) is 67.2 Å². The summed E-state index contributed by atoms with van der Waals surface area (Å²) in [7, 11) is 0. The van der Waals surface area contributed by atoms with Crippen molar-refractivity contribution in [3.63, 3.8) is 0 Å². The van der Waals surface area contributed by atoms with Crippen LogP contribution >= 0.6 is 12.2 Å². The van der Waals surface area contributed by atoms with Crippen LogP contribution in [0.2, 0.25) is 0 Å². The molecule has 3 N–H and O–H groups in total. The summed E-state index contributed by atoms with van der Waals surface area (Å²) in [5.41, 5.74) is 3.21. The van der Waals surface area contributed by atoms with Gasteiger partial charge < -0.3 is 25.1 Å². The van der Waals surface area contributed by atoms with E-state index in [-0.39, 0.29) is 23.9 Å². The first-order chi connectivity index (χ1) is 18.4. The summed E-state index contributed by atoms with van der Waals surface area (Å²) in [6.45, 7) is 2.32. The van der Waals surface area contributed by atoms with Crippen molar-refractivity contribution in [2.24, 2.45) is 0 Å². The maximum atomic E-state index is 12.8. The van der Waals surface area contributed by atoms with Crippen LogP contribution in [0.4, 0.5) is 5.69 Å². The monoisotopic (exact) mass is 526 g/mol. The Labute approximate surface area is 225 Å². The van der Waals surface area contributed by atoms with Gasteiger partial charge in [-0.3, -0.25) is 9.78 Å². The molecule has 0 bridgehead atoms. The molecule has 1 saturated heterocycles. The SMILES string of the molecule is Cc1cccc(NC(=O)CCN2C(=S)N[C@@H](c3ccccn3)[C@H]2c2ccc(-c3ccccc3C(=O)O)o2)c1. The van der Waals surface area contributed by atoms with Gasteiger partial charge in [0.05, 0.1) is 17.3 Å². The number of carbonyl (C=O) groups excluding carboxylic acids is 1. The van der Waals surface area contributed by atoms with E-state index in [0.717, 1.165) is 16.9 Å². The minimum Gasteiger partial charge on any atom is -0.478 e. The van der Waals surface area contributed by atoms with Crippen LogP contribution in [0.3, 0.4) is 0 Å². The lowest BCUT2D eigenvalue weighted by Crippen LogP contribution is -2.32.